The van der Waals surface area contributed by atoms with Crippen LogP contribution < -0.4 is 0 Å². The van der Waals surface area contributed by atoms with Crippen LogP contribution in [0, 0.1) is 5.82 Å². The number of carbonyl (C=O) groups is 1. The smallest absolute Gasteiger partial charge is 0.338 e. The van der Waals surface area contributed by atoms with Crippen molar-refractivity contribution in [1.29, 1.82) is 0 Å². The fourth-order valence-corrected chi connectivity index (χ4v) is 4.91. The van der Waals surface area contributed by atoms with Gasteiger partial charge in [-0.1, -0.05) is 5.16 Å². The number of sulfonamides is 1. The highest BCUT2D eigenvalue weighted by Gasteiger charge is 2.30. The van der Waals surface area contributed by atoms with E-state index < -0.39 is 26.7 Å². The first kappa shape index (κ1) is 20.6. The van der Waals surface area contributed by atoms with E-state index in [1.807, 2.05) is 16.8 Å². The third-order valence-corrected chi connectivity index (χ3v) is 6.92. The highest BCUT2D eigenvalue weighted by molar-refractivity contribution is 7.89. The summed E-state index contributed by atoms with van der Waals surface area (Å²) < 4.78 is 56.2. The summed E-state index contributed by atoms with van der Waals surface area (Å²) in [5, 5.41) is 7.43. The number of aromatic nitrogens is 2. The van der Waals surface area contributed by atoms with E-state index in [1.54, 1.807) is 0 Å². The number of ether oxygens (including phenoxy) is 2. The molecule has 0 spiro atoms. The van der Waals surface area contributed by atoms with Crippen LogP contribution in [0.2, 0.25) is 0 Å². The number of rotatable bonds is 6. The van der Waals surface area contributed by atoms with Gasteiger partial charge in [-0.25, -0.2) is 17.6 Å². The van der Waals surface area contributed by atoms with Crippen LogP contribution in [0.1, 0.15) is 16.2 Å². The molecule has 0 bridgehead atoms. The molecule has 9 nitrogen and oxygen atoms in total. The van der Waals surface area contributed by atoms with Gasteiger partial charge in [0.25, 0.3) is 5.89 Å². The van der Waals surface area contributed by atoms with Gasteiger partial charge in [0.2, 0.25) is 15.8 Å². The van der Waals surface area contributed by atoms with Gasteiger partial charge in [-0.3, -0.25) is 0 Å². The zero-order chi connectivity index (χ0) is 21.1. The monoisotopic (exact) mass is 453 g/mol. The molecule has 0 atom stereocenters. The first-order valence-corrected chi connectivity index (χ1v) is 11.2. The Labute approximate surface area is 175 Å². The number of hydrogen-bond donors (Lipinski definition) is 0. The standard InChI is InChI=1S/C18H16FN3O6S2/c19-14-2-1-12(9-15(14)30(24,25)22-4-6-26-7-5-22)18(23)27-10-16-20-17(28-21-16)13-3-8-29-11-13/h1-3,8-9,11H,4-7,10H2. The maximum Gasteiger partial charge on any atom is 0.338 e. The molecule has 30 heavy (non-hydrogen) atoms. The number of esters is 1. The zero-order valence-corrected chi connectivity index (χ0v) is 17.1. The summed E-state index contributed by atoms with van der Waals surface area (Å²) in [5.74, 6) is -1.34. The summed E-state index contributed by atoms with van der Waals surface area (Å²) in [6.07, 6.45) is 0. The topological polar surface area (TPSA) is 112 Å². The minimum absolute atomic E-state index is 0.107. The highest BCUT2D eigenvalue weighted by Crippen LogP contribution is 2.23. The average Bonchev–Trinajstić information content (AvgIpc) is 3.45. The van der Waals surface area contributed by atoms with Gasteiger partial charge in [0, 0.05) is 18.5 Å². The maximum absolute atomic E-state index is 14.3. The Hall–Kier alpha value is -2.67. The molecule has 0 aliphatic carbocycles. The molecule has 1 fully saturated rings. The molecule has 2 aromatic heterocycles. The van der Waals surface area contributed by atoms with Crippen molar-refractivity contribution < 1.29 is 31.6 Å². The lowest BCUT2D eigenvalue weighted by Gasteiger charge is -2.26. The van der Waals surface area contributed by atoms with Crippen molar-refractivity contribution in [2.75, 3.05) is 26.3 Å². The molecule has 3 heterocycles. The number of halogens is 1. The lowest BCUT2D eigenvalue weighted by Crippen LogP contribution is -2.41. The lowest BCUT2D eigenvalue weighted by atomic mass is 10.2. The van der Waals surface area contributed by atoms with Crippen molar-refractivity contribution in [2.45, 2.75) is 11.5 Å². The van der Waals surface area contributed by atoms with Crippen LogP contribution >= 0.6 is 11.3 Å². The Morgan fingerprint density at radius 2 is 2.07 bits per heavy atom. The number of morpholine rings is 1. The Morgan fingerprint density at radius 3 is 2.80 bits per heavy atom. The minimum atomic E-state index is -4.11. The SMILES string of the molecule is O=C(OCc1noc(-c2ccsc2)n1)c1ccc(F)c(S(=O)(=O)N2CCOCC2)c1. The van der Waals surface area contributed by atoms with Crippen LogP contribution in [0.25, 0.3) is 11.5 Å². The zero-order valence-electron chi connectivity index (χ0n) is 15.5. The Morgan fingerprint density at radius 1 is 1.27 bits per heavy atom. The highest BCUT2D eigenvalue weighted by atomic mass is 32.2. The van der Waals surface area contributed by atoms with Gasteiger partial charge in [-0.05, 0) is 29.6 Å². The molecule has 0 N–H and O–H groups in total. The number of nitrogens with zero attached hydrogens (tertiary/aromatic N) is 3. The lowest BCUT2D eigenvalue weighted by molar-refractivity contribution is 0.0459. The summed E-state index contributed by atoms with van der Waals surface area (Å²) in [6, 6.07) is 4.86. The minimum Gasteiger partial charge on any atom is -0.454 e. The fourth-order valence-electron chi connectivity index (χ4n) is 2.78. The molecule has 1 saturated heterocycles. The third kappa shape index (κ3) is 4.26. The molecule has 4 rings (SSSR count). The van der Waals surface area contributed by atoms with Crippen LogP contribution in [0.3, 0.4) is 0 Å². The van der Waals surface area contributed by atoms with E-state index in [1.165, 1.54) is 11.3 Å². The maximum atomic E-state index is 14.3. The van der Waals surface area contributed by atoms with Crippen LogP contribution in [-0.4, -0.2) is 55.1 Å². The largest absolute Gasteiger partial charge is 0.454 e. The van der Waals surface area contributed by atoms with Crippen LogP contribution in [0.4, 0.5) is 4.39 Å². The second-order valence-corrected chi connectivity index (χ2v) is 8.95. The predicted molar refractivity (Wildman–Crippen MR) is 103 cm³/mol. The van der Waals surface area contributed by atoms with Crippen molar-refractivity contribution in [1.82, 2.24) is 14.4 Å². The molecule has 0 amide bonds. The van der Waals surface area contributed by atoms with Crippen molar-refractivity contribution in [3.05, 3.63) is 52.2 Å². The van der Waals surface area contributed by atoms with Crippen LogP contribution in [-0.2, 0) is 26.1 Å². The molecule has 0 unspecified atom stereocenters. The Bertz CT molecular complexity index is 1140. The third-order valence-electron chi connectivity index (χ3n) is 4.32. The van der Waals surface area contributed by atoms with E-state index in [9.17, 15) is 17.6 Å². The first-order chi connectivity index (χ1) is 14.4. The van der Waals surface area contributed by atoms with E-state index in [4.69, 9.17) is 14.0 Å². The second-order valence-electron chi connectivity index (χ2n) is 6.27. The summed E-state index contributed by atoms with van der Waals surface area (Å²) >= 11 is 1.47. The number of hydrogen-bond acceptors (Lipinski definition) is 9. The van der Waals surface area contributed by atoms with Gasteiger partial charge < -0.3 is 14.0 Å². The average molecular weight is 453 g/mol. The van der Waals surface area contributed by atoms with Gasteiger partial charge in [0.1, 0.15) is 10.7 Å². The molecular formula is C18H16FN3O6S2. The van der Waals surface area contributed by atoms with Crippen molar-refractivity contribution >= 4 is 27.3 Å². The van der Waals surface area contributed by atoms with Crippen molar-refractivity contribution in [3.63, 3.8) is 0 Å². The van der Waals surface area contributed by atoms with Crippen LogP contribution in [0.5, 0.6) is 0 Å². The van der Waals surface area contributed by atoms with E-state index in [0.29, 0.717) is 5.89 Å². The van der Waals surface area contributed by atoms with Gasteiger partial charge in [-0.2, -0.15) is 20.6 Å². The molecular weight excluding hydrogens is 437 g/mol. The predicted octanol–water partition coefficient (Wildman–Crippen LogP) is 2.32. The molecule has 3 aromatic rings. The van der Waals surface area contributed by atoms with Crippen molar-refractivity contribution in [2.24, 2.45) is 0 Å². The molecule has 0 saturated carbocycles. The molecule has 12 heteroatoms. The van der Waals surface area contributed by atoms with Gasteiger partial charge in [-0.15, -0.1) is 0 Å². The summed E-state index contributed by atoms with van der Waals surface area (Å²) in [6.45, 7) is 0.387. The second kappa shape index (κ2) is 8.60. The Balaban J connectivity index is 1.47. The number of carbonyl (C=O) groups excluding carboxylic acids is 1. The van der Waals surface area contributed by atoms with Crippen LogP contribution in [0.15, 0.2) is 44.4 Å². The van der Waals surface area contributed by atoms with E-state index >= 15 is 0 Å². The number of thiophene rings is 1. The summed E-state index contributed by atoms with van der Waals surface area (Å²) in [7, 11) is -4.11. The molecule has 0 radical (unpaired) electrons. The van der Waals surface area contributed by atoms with Gasteiger partial charge in [0.15, 0.2) is 6.61 Å². The van der Waals surface area contributed by atoms with E-state index in [0.717, 1.165) is 28.1 Å². The van der Waals surface area contributed by atoms with Crippen molar-refractivity contribution in [3.8, 4) is 11.5 Å². The molecule has 158 valence electrons. The first-order valence-electron chi connectivity index (χ1n) is 8.85. The van der Waals surface area contributed by atoms with E-state index in [2.05, 4.69) is 10.1 Å². The summed E-state index contributed by atoms with van der Waals surface area (Å²) in [4.78, 5) is 15.9. The van der Waals surface area contributed by atoms with Gasteiger partial charge in [0.05, 0.1) is 24.3 Å². The van der Waals surface area contributed by atoms with Gasteiger partial charge >= 0.3 is 5.97 Å². The number of benzene rings is 1. The Kier molecular flexibility index (Phi) is 5.90. The molecule has 1 aliphatic rings. The quantitative estimate of drug-likeness (QED) is 0.523. The fraction of sp³-hybridized carbons (Fsp3) is 0.278. The molecule has 1 aliphatic heterocycles. The summed E-state index contributed by atoms with van der Waals surface area (Å²) in [5.41, 5.74) is 0.645. The normalized spacial score (nSPS) is 15.2. The molecule has 1 aromatic carbocycles. The van der Waals surface area contributed by atoms with E-state index in [-0.39, 0.29) is 44.3 Å².